The van der Waals surface area contributed by atoms with Crippen molar-refractivity contribution in [2.45, 2.75) is 33.0 Å². The molecule has 3 aromatic rings. The predicted octanol–water partition coefficient (Wildman–Crippen LogP) is 4.54. The Bertz CT molecular complexity index is 1240. The smallest absolute Gasteiger partial charge is 0.368 e. The van der Waals surface area contributed by atoms with Crippen molar-refractivity contribution in [1.29, 1.82) is 0 Å². The summed E-state index contributed by atoms with van der Waals surface area (Å²) in [7, 11) is 0. The fraction of sp³-hybridized carbons (Fsp3) is 0.227. The van der Waals surface area contributed by atoms with Gasteiger partial charge in [-0.1, -0.05) is 31.2 Å². The lowest BCUT2D eigenvalue weighted by Crippen LogP contribution is -2.31. The highest BCUT2D eigenvalue weighted by atomic mass is 35.5. The van der Waals surface area contributed by atoms with Crippen LogP contribution in [0.1, 0.15) is 31.5 Å². The summed E-state index contributed by atoms with van der Waals surface area (Å²) in [6.07, 6.45) is -3.57. The van der Waals surface area contributed by atoms with Gasteiger partial charge >= 0.3 is 6.18 Å². The number of nitrogens with zero attached hydrogens (tertiary/aromatic N) is 1. The molecule has 2 amide bonds. The zero-order valence-electron chi connectivity index (χ0n) is 16.2. The molecule has 0 saturated heterocycles. The van der Waals surface area contributed by atoms with Crippen LogP contribution in [0.4, 0.5) is 18.9 Å². The Balaban J connectivity index is 0.00000363. The van der Waals surface area contributed by atoms with Gasteiger partial charge in [-0.25, -0.2) is 0 Å². The molecule has 0 unspecified atom stereocenters. The van der Waals surface area contributed by atoms with Gasteiger partial charge in [-0.3, -0.25) is 14.4 Å². The lowest BCUT2D eigenvalue weighted by atomic mass is 10.1. The van der Waals surface area contributed by atoms with E-state index in [4.69, 9.17) is 17.3 Å². The molecule has 6 nitrogen and oxygen atoms in total. The zero-order chi connectivity index (χ0) is 22.9. The van der Waals surface area contributed by atoms with Crippen LogP contribution in [-0.2, 0) is 22.2 Å². The van der Waals surface area contributed by atoms with Crippen molar-refractivity contribution in [2.75, 3.05) is 5.32 Å². The van der Waals surface area contributed by atoms with Crippen molar-refractivity contribution in [3.05, 3.63) is 75.2 Å². The van der Waals surface area contributed by atoms with E-state index in [9.17, 15) is 27.6 Å². The van der Waals surface area contributed by atoms with E-state index < -0.39 is 40.2 Å². The second kappa shape index (κ2) is 9.44. The fourth-order valence-corrected chi connectivity index (χ4v) is 3.35. The number of halogens is 4. The molecule has 0 fully saturated rings. The minimum atomic E-state index is -4.64. The maximum atomic E-state index is 13.0. The topological polar surface area (TPSA) is 94.2 Å². The second-order valence-electron chi connectivity index (χ2n) is 6.91. The molecule has 1 atom stereocenters. The van der Waals surface area contributed by atoms with Crippen molar-refractivity contribution >= 4 is 39.9 Å². The normalized spacial score (nSPS) is 12.2. The van der Waals surface area contributed by atoms with Crippen LogP contribution in [0.5, 0.6) is 0 Å². The SMILES string of the molecule is C.C[C@H](C(N)=O)n1ccc2c(NC(=O)Cc3ccc(Cl)c(C(F)(F)F)c3)cccc2c1=O. The van der Waals surface area contributed by atoms with E-state index in [2.05, 4.69) is 5.32 Å². The first kappa shape index (κ1) is 24.9. The van der Waals surface area contributed by atoms with E-state index in [1.54, 1.807) is 18.2 Å². The third-order valence-electron chi connectivity index (χ3n) is 4.78. The molecule has 0 aliphatic heterocycles. The quantitative estimate of drug-likeness (QED) is 0.577. The number of hydrogen-bond acceptors (Lipinski definition) is 3. The summed E-state index contributed by atoms with van der Waals surface area (Å²) in [5.74, 6) is -1.25. The number of benzene rings is 2. The van der Waals surface area contributed by atoms with Gasteiger partial charge in [0.05, 0.1) is 17.0 Å². The fourth-order valence-electron chi connectivity index (χ4n) is 3.12. The van der Waals surface area contributed by atoms with Crippen LogP contribution in [0.3, 0.4) is 0 Å². The summed E-state index contributed by atoms with van der Waals surface area (Å²) >= 11 is 5.60. The third-order valence-corrected chi connectivity index (χ3v) is 5.11. The monoisotopic (exact) mass is 467 g/mol. The molecule has 1 aromatic heterocycles. The Morgan fingerprint density at radius 3 is 2.47 bits per heavy atom. The molecule has 170 valence electrons. The Morgan fingerprint density at radius 2 is 1.84 bits per heavy atom. The third kappa shape index (κ3) is 5.11. The maximum absolute atomic E-state index is 13.0. The Morgan fingerprint density at radius 1 is 1.16 bits per heavy atom. The number of anilines is 1. The van der Waals surface area contributed by atoms with Gasteiger partial charge in [-0.15, -0.1) is 0 Å². The van der Waals surface area contributed by atoms with Gasteiger partial charge in [0.15, 0.2) is 0 Å². The number of pyridine rings is 1. The number of nitrogens with two attached hydrogens (primary N) is 1. The van der Waals surface area contributed by atoms with Gasteiger partial charge < -0.3 is 15.6 Å². The first-order valence-corrected chi connectivity index (χ1v) is 9.45. The van der Waals surface area contributed by atoms with Crippen LogP contribution >= 0.6 is 11.6 Å². The van der Waals surface area contributed by atoms with Crippen LogP contribution in [0.25, 0.3) is 10.8 Å². The molecular weight excluding hydrogens is 447 g/mol. The van der Waals surface area contributed by atoms with Gasteiger partial charge in [-0.05, 0) is 42.8 Å². The van der Waals surface area contributed by atoms with Crippen LogP contribution in [-0.4, -0.2) is 16.4 Å². The molecule has 1 heterocycles. The molecule has 3 rings (SSSR count). The van der Waals surface area contributed by atoms with E-state index in [-0.39, 0.29) is 24.8 Å². The summed E-state index contributed by atoms with van der Waals surface area (Å²) in [6, 6.07) is 8.59. The van der Waals surface area contributed by atoms with Gasteiger partial charge in [-0.2, -0.15) is 13.2 Å². The number of primary amides is 1. The van der Waals surface area contributed by atoms with E-state index in [0.29, 0.717) is 11.1 Å². The van der Waals surface area contributed by atoms with Crippen LogP contribution < -0.4 is 16.6 Å². The highest BCUT2D eigenvalue weighted by Gasteiger charge is 2.33. The Kier molecular flexibility index (Phi) is 7.35. The van der Waals surface area contributed by atoms with Crippen molar-refractivity contribution in [3.63, 3.8) is 0 Å². The highest BCUT2D eigenvalue weighted by molar-refractivity contribution is 6.31. The van der Waals surface area contributed by atoms with E-state index >= 15 is 0 Å². The van der Waals surface area contributed by atoms with Gasteiger partial charge in [0.1, 0.15) is 6.04 Å². The average Bonchev–Trinajstić information content (AvgIpc) is 2.69. The number of aromatic nitrogens is 1. The number of alkyl halides is 3. The molecule has 32 heavy (non-hydrogen) atoms. The van der Waals surface area contributed by atoms with Crippen molar-refractivity contribution in [3.8, 4) is 0 Å². The second-order valence-corrected chi connectivity index (χ2v) is 7.32. The van der Waals surface area contributed by atoms with Crippen LogP contribution in [0.15, 0.2) is 53.5 Å². The van der Waals surface area contributed by atoms with Crippen molar-refractivity contribution < 1.29 is 22.8 Å². The minimum Gasteiger partial charge on any atom is -0.368 e. The number of hydrogen-bond donors (Lipinski definition) is 2. The predicted molar refractivity (Wildman–Crippen MR) is 118 cm³/mol. The molecule has 0 saturated carbocycles. The van der Waals surface area contributed by atoms with Crippen molar-refractivity contribution in [1.82, 2.24) is 4.57 Å². The maximum Gasteiger partial charge on any atom is 0.417 e. The van der Waals surface area contributed by atoms with E-state index in [1.165, 1.54) is 29.8 Å². The number of nitrogens with one attached hydrogen (secondary N) is 1. The summed E-state index contributed by atoms with van der Waals surface area (Å²) in [4.78, 5) is 36.5. The first-order valence-electron chi connectivity index (χ1n) is 9.07. The average molecular weight is 468 g/mol. The van der Waals surface area contributed by atoms with E-state index in [1.807, 2.05) is 0 Å². The summed E-state index contributed by atoms with van der Waals surface area (Å²) in [5.41, 5.74) is 4.22. The molecule has 0 spiro atoms. The number of fused-ring (bicyclic) bond motifs is 1. The lowest BCUT2D eigenvalue weighted by molar-refractivity contribution is -0.137. The van der Waals surface area contributed by atoms with Gasteiger partial charge in [0, 0.05) is 22.7 Å². The van der Waals surface area contributed by atoms with Crippen LogP contribution in [0, 0.1) is 0 Å². The molecule has 0 radical (unpaired) electrons. The van der Waals surface area contributed by atoms with Gasteiger partial charge in [0.2, 0.25) is 11.8 Å². The number of amides is 2. The first-order chi connectivity index (χ1) is 14.5. The molecule has 0 aliphatic rings. The summed E-state index contributed by atoms with van der Waals surface area (Å²) in [6.45, 7) is 1.49. The summed E-state index contributed by atoms with van der Waals surface area (Å²) < 4.78 is 40.2. The molecule has 0 aliphatic carbocycles. The molecule has 2 aromatic carbocycles. The van der Waals surface area contributed by atoms with Crippen LogP contribution in [0.2, 0.25) is 5.02 Å². The molecular formula is C22H21ClF3N3O3. The lowest BCUT2D eigenvalue weighted by Gasteiger charge is -2.14. The Hall–Kier alpha value is -3.33. The largest absolute Gasteiger partial charge is 0.417 e. The number of rotatable bonds is 5. The molecule has 10 heteroatoms. The number of carbonyl (C=O) groups excluding carboxylic acids is 2. The highest BCUT2D eigenvalue weighted by Crippen LogP contribution is 2.35. The molecule has 0 bridgehead atoms. The Labute approximate surface area is 186 Å². The number of carbonyl (C=O) groups is 2. The zero-order valence-corrected chi connectivity index (χ0v) is 16.9. The summed E-state index contributed by atoms with van der Waals surface area (Å²) in [5, 5.41) is 2.83. The standard InChI is InChI=1S/C21H17ClF3N3O3.CH4/c1-11(19(26)30)28-8-7-13-14(20(28)31)3-2-4-17(13)27-18(29)10-12-5-6-16(22)15(9-12)21(23,24)25;/h2-9,11H,10H2,1H3,(H2,26,30)(H,27,29);1H4/t11-;/m1./s1. The van der Waals surface area contributed by atoms with E-state index in [0.717, 1.165) is 12.1 Å². The van der Waals surface area contributed by atoms with Crippen molar-refractivity contribution in [2.24, 2.45) is 5.73 Å². The molecule has 3 N–H and O–H groups in total. The van der Waals surface area contributed by atoms with Gasteiger partial charge in [0.25, 0.3) is 5.56 Å². The minimum absolute atomic E-state index is 0.